The fourth-order valence-corrected chi connectivity index (χ4v) is 3.11. The second-order valence-electron chi connectivity index (χ2n) is 6.69. The molecule has 2 atom stereocenters. The predicted molar refractivity (Wildman–Crippen MR) is 95.4 cm³/mol. The van der Waals surface area contributed by atoms with E-state index in [0.29, 0.717) is 22.5 Å². The lowest BCUT2D eigenvalue weighted by molar-refractivity contribution is -0.141. The summed E-state index contributed by atoms with van der Waals surface area (Å²) < 4.78 is 11.1. The number of carboxylic acids is 1. The number of benzene rings is 1. The molecule has 144 valence electrons. The van der Waals surface area contributed by atoms with Gasteiger partial charge in [-0.3, -0.25) is 4.90 Å². The van der Waals surface area contributed by atoms with Crippen molar-refractivity contribution in [2.45, 2.75) is 38.3 Å². The first-order valence-corrected chi connectivity index (χ1v) is 8.54. The number of hydrogen-bond donors (Lipinski definition) is 2. The SMILES string of the molecule is COc1ccc2nc(C(C)C)c(O[C@@H]3C[C@@H](C(=O)O)N(C(=O)O)C3)nc2c1. The lowest BCUT2D eigenvalue weighted by Gasteiger charge is -2.18. The highest BCUT2D eigenvalue weighted by atomic mass is 16.5. The normalized spacial score (nSPS) is 19.5. The minimum atomic E-state index is -1.29. The summed E-state index contributed by atoms with van der Waals surface area (Å²) >= 11 is 0. The number of amides is 1. The molecule has 0 saturated carbocycles. The van der Waals surface area contributed by atoms with Gasteiger partial charge in [-0.2, -0.15) is 0 Å². The van der Waals surface area contributed by atoms with Crippen LogP contribution in [0.5, 0.6) is 11.6 Å². The third-order valence-corrected chi connectivity index (χ3v) is 4.48. The van der Waals surface area contributed by atoms with E-state index in [1.165, 1.54) is 0 Å². The Bertz CT molecular complexity index is 863. The van der Waals surface area contributed by atoms with Gasteiger partial charge in [-0.1, -0.05) is 13.8 Å². The van der Waals surface area contributed by atoms with E-state index in [1.54, 1.807) is 25.3 Å². The zero-order valence-corrected chi connectivity index (χ0v) is 15.2. The fraction of sp³-hybridized carbons (Fsp3) is 0.444. The van der Waals surface area contributed by atoms with Gasteiger partial charge in [-0.05, 0) is 12.1 Å². The first-order valence-electron chi connectivity index (χ1n) is 8.54. The van der Waals surface area contributed by atoms with Crippen LogP contribution in [0.3, 0.4) is 0 Å². The van der Waals surface area contributed by atoms with Gasteiger partial charge in [0.15, 0.2) is 0 Å². The molecule has 1 aliphatic heterocycles. The van der Waals surface area contributed by atoms with E-state index in [0.717, 1.165) is 4.90 Å². The minimum Gasteiger partial charge on any atom is -0.497 e. The molecule has 2 aromatic rings. The van der Waals surface area contributed by atoms with Gasteiger partial charge in [-0.25, -0.2) is 19.6 Å². The second kappa shape index (κ2) is 7.26. The molecule has 1 fully saturated rings. The Morgan fingerprint density at radius 3 is 2.52 bits per heavy atom. The van der Waals surface area contributed by atoms with Gasteiger partial charge < -0.3 is 19.7 Å². The molecule has 0 unspecified atom stereocenters. The summed E-state index contributed by atoms with van der Waals surface area (Å²) in [4.78, 5) is 32.6. The average Bonchev–Trinajstić information content (AvgIpc) is 3.05. The Kier molecular flexibility index (Phi) is 5.02. The van der Waals surface area contributed by atoms with Gasteiger partial charge in [-0.15, -0.1) is 0 Å². The quantitative estimate of drug-likeness (QED) is 0.816. The maximum Gasteiger partial charge on any atom is 0.408 e. The number of rotatable bonds is 5. The molecule has 3 rings (SSSR count). The molecule has 0 radical (unpaired) electrons. The monoisotopic (exact) mass is 375 g/mol. The van der Waals surface area contributed by atoms with Gasteiger partial charge in [0, 0.05) is 18.4 Å². The van der Waals surface area contributed by atoms with Gasteiger partial charge in [0.05, 0.1) is 24.7 Å². The number of carbonyl (C=O) groups is 2. The van der Waals surface area contributed by atoms with Crippen molar-refractivity contribution in [3.05, 3.63) is 23.9 Å². The first kappa shape index (κ1) is 18.7. The number of nitrogens with zero attached hydrogens (tertiary/aromatic N) is 3. The molecule has 0 bridgehead atoms. The van der Waals surface area contributed by atoms with Crippen molar-refractivity contribution < 1.29 is 29.3 Å². The highest BCUT2D eigenvalue weighted by Crippen LogP contribution is 2.30. The van der Waals surface area contributed by atoms with Crippen LogP contribution in [0.1, 0.15) is 31.9 Å². The molecule has 2 N–H and O–H groups in total. The highest BCUT2D eigenvalue weighted by molar-refractivity contribution is 5.80. The van der Waals surface area contributed by atoms with Crippen LogP contribution in [-0.4, -0.2) is 62.9 Å². The summed E-state index contributed by atoms with van der Waals surface area (Å²) in [6, 6.07) is 4.20. The van der Waals surface area contributed by atoms with Crippen molar-refractivity contribution in [1.29, 1.82) is 0 Å². The standard InChI is InChI=1S/C18H21N3O6/c1-9(2)15-16(20-13-6-10(26-3)4-5-12(13)19-15)27-11-7-14(17(22)23)21(8-11)18(24)25/h4-6,9,11,14H,7-8H2,1-3H3,(H,22,23)(H,24,25)/t11-,14+/m1/s1. The molecule has 27 heavy (non-hydrogen) atoms. The van der Waals surface area contributed by atoms with E-state index >= 15 is 0 Å². The van der Waals surface area contributed by atoms with Gasteiger partial charge >= 0.3 is 12.1 Å². The summed E-state index contributed by atoms with van der Waals surface area (Å²) in [5, 5.41) is 18.5. The van der Waals surface area contributed by atoms with Crippen LogP contribution in [0.25, 0.3) is 11.0 Å². The smallest absolute Gasteiger partial charge is 0.408 e. The van der Waals surface area contributed by atoms with Crippen LogP contribution in [0.4, 0.5) is 4.79 Å². The Labute approximate surface area is 155 Å². The van der Waals surface area contributed by atoms with Crippen molar-refractivity contribution in [2.24, 2.45) is 0 Å². The molecule has 1 aromatic carbocycles. The van der Waals surface area contributed by atoms with Crippen molar-refractivity contribution >= 4 is 23.1 Å². The molecule has 1 amide bonds. The average molecular weight is 375 g/mol. The molecule has 9 nitrogen and oxygen atoms in total. The van der Waals surface area contributed by atoms with E-state index in [1.807, 2.05) is 13.8 Å². The van der Waals surface area contributed by atoms with Crippen molar-refractivity contribution in [3.8, 4) is 11.6 Å². The Morgan fingerprint density at radius 2 is 1.96 bits per heavy atom. The lowest BCUT2D eigenvalue weighted by Crippen LogP contribution is -2.39. The number of carboxylic acid groups (broad SMARTS) is 2. The number of aromatic nitrogens is 2. The predicted octanol–water partition coefficient (Wildman–Crippen LogP) is 2.35. The van der Waals surface area contributed by atoms with Crippen molar-refractivity contribution in [1.82, 2.24) is 14.9 Å². The second-order valence-corrected chi connectivity index (χ2v) is 6.69. The van der Waals surface area contributed by atoms with Crippen LogP contribution in [0, 0.1) is 0 Å². The van der Waals surface area contributed by atoms with Gasteiger partial charge in [0.25, 0.3) is 0 Å². The molecule has 2 heterocycles. The molecule has 0 spiro atoms. The summed E-state index contributed by atoms with van der Waals surface area (Å²) in [6.45, 7) is 3.86. The van der Waals surface area contributed by atoms with Crippen molar-refractivity contribution in [2.75, 3.05) is 13.7 Å². The zero-order chi connectivity index (χ0) is 19.7. The topological polar surface area (TPSA) is 122 Å². The summed E-state index contributed by atoms with van der Waals surface area (Å²) in [5.74, 6) is -0.260. The minimum absolute atomic E-state index is 0.0197. The third kappa shape index (κ3) is 3.71. The van der Waals surface area contributed by atoms with Crippen LogP contribution >= 0.6 is 0 Å². The highest BCUT2D eigenvalue weighted by Gasteiger charge is 2.41. The number of hydrogen-bond acceptors (Lipinski definition) is 6. The lowest BCUT2D eigenvalue weighted by atomic mass is 10.1. The molecule has 9 heteroatoms. The first-order chi connectivity index (χ1) is 12.8. The van der Waals surface area contributed by atoms with Crippen LogP contribution in [-0.2, 0) is 4.79 Å². The van der Waals surface area contributed by atoms with Crippen molar-refractivity contribution in [3.63, 3.8) is 0 Å². The van der Waals surface area contributed by atoms with Gasteiger partial charge in [0.2, 0.25) is 5.88 Å². The maximum atomic E-state index is 11.3. The molecule has 1 saturated heterocycles. The number of aliphatic carboxylic acids is 1. The molecule has 1 aliphatic rings. The van der Waals surface area contributed by atoms with Crippen LogP contribution in [0.15, 0.2) is 18.2 Å². The zero-order valence-electron chi connectivity index (χ0n) is 15.2. The molecule has 1 aromatic heterocycles. The Hall–Kier alpha value is -3.10. The summed E-state index contributed by atoms with van der Waals surface area (Å²) in [6.07, 6.45) is -1.85. The Balaban J connectivity index is 1.94. The summed E-state index contributed by atoms with van der Waals surface area (Å²) in [7, 11) is 1.56. The largest absolute Gasteiger partial charge is 0.497 e. The molecular formula is C18H21N3O6. The molecule has 0 aliphatic carbocycles. The van der Waals surface area contributed by atoms with E-state index < -0.39 is 24.2 Å². The fourth-order valence-electron chi connectivity index (χ4n) is 3.11. The number of ether oxygens (including phenoxy) is 2. The number of fused-ring (bicyclic) bond motifs is 1. The Morgan fingerprint density at radius 1 is 1.22 bits per heavy atom. The van der Waals surface area contributed by atoms with Crippen LogP contribution < -0.4 is 9.47 Å². The maximum absolute atomic E-state index is 11.3. The van der Waals surface area contributed by atoms with Gasteiger partial charge in [0.1, 0.15) is 23.6 Å². The van der Waals surface area contributed by atoms with Crippen LogP contribution in [0.2, 0.25) is 0 Å². The van der Waals surface area contributed by atoms with E-state index in [9.17, 15) is 19.8 Å². The van der Waals surface area contributed by atoms with E-state index in [4.69, 9.17) is 9.47 Å². The number of likely N-dealkylation sites (tertiary alicyclic amines) is 1. The molecular weight excluding hydrogens is 354 g/mol. The van der Waals surface area contributed by atoms with E-state index in [-0.39, 0.29) is 24.8 Å². The number of methoxy groups -OCH3 is 1. The summed E-state index contributed by atoms with van der Waals surface area (Å²) in [5.41, 5.74) is 1.90. The van der Waals surface area contributed by atoms with E-state index in [2.05, 4.69) is 9.97 Å². The third-order valence-electron chi connectivity index (χ3n) is 4.48.